The SMILES string of the molecule is CC(C)[C@H](NC(=O)c1ccco1)C(=O)O[C@H](C)C(N)=O. The van der Waals surface area contributed by atoms with Gasteiger partial charge >= 0.3 is 5.97 Å². The zero-order chi connectivity index (χ0) is 15.3. The summed E-state index contributed by atoms with van der Waals surface area (Å²) in [6.45, 7) is 4.85. The molecule has 0 unspecified atom stereocenters. The molecule has 0 spiro atoms. The zero-order valence-electron chi connectivity index (χ0n) is 11.6. The van der Waals surface area contributed by atoms with Gasteiger partial charge in [0, 0.05) is 0 Å². The summed E-state index contributed by atoms with van der Waals surface area (Å²) in [7, 11) is 0. The molecule has 110 valence electrons. The van der Waals surface area contributed by atoms with E-state index in [1.54, 1.807) is 19.9 Å². The van der Waals surface area contributed by atoms with Gasteiger partial charge in [-0.3, -0.25) is 9.59 Å². The Labute approximate surface area is 116 Å². The first-order chi connectivity index (χ1) is 9.32. The first-order valence-electron chi connectivity index (χ1n) is 6.17. The second kappa shape index (κ2) is 6.74. The fourth-order valence-electron chi connectivity index (χ4n) is 1.42. The van der Waals surface area contributed by atoms with E-state index in [9.17, 15) is 14.4 Å². The molecule has 0 aliphatic heterocycles. The maximum Gasteiger partial charge on any atom is 0.329 e. The Bertz CT molecular complexity index is 481. The summed E-state index contributed by atoms with van der Waals surface area (Å²) in [5, 5.41) is 2.50. The van der Waals surface area contributed by atoms with Crippen LogP contribution in [0.25, 0.3) is 0 Å². The van der Waals surface area contributed by atoms with Crippen molar-refractivity contribution in [2.75, 3.05) is 0 Å². The number of carbonyl (C=O) groups excluding carboxylic acids is 3. The summed E-state index contributed by atoms with van der Waals surface area (Å²) in [5.74, 6) is -2.13. The van der Waals surface area contributed by atoms with Crippen LogP contribution in [-0.2, 0) is 14.3 Å². The molecule has 0 aromatic carbocycles. The Morgan fingerprint density at radius 1 is 1.30 bits per heavy atom. The highest BCUT2D eigenvalue weighted by Crippen LogP contribution is 2.08. The number of carbonyl (C=O) groups is 3. The van der Waals surface area contributed by atoms with Gasteiger partial charge in [0.1, 0.15) is 6.04 Å². The molecule has 2 amide bonds. The van der Waals surface area contributed by atoms with Crippen LogP contribution in [0.1, 0.15) is 31.3 Å². The molecule has 0 radical (unpaired) electrons. The maximum absolute atomic E-state index is 11.9. The molecule has 7 heteroatoms. The van der Waals surface area contributed by atoms with Crippen LogP contribution in [-0.4, -0.2) is 29.9 Å². The molecule has 0 bridgehead atoms. The van der Waals surface area contributed by atoms with Gasteiger partial charge in [-0.2, -0.15) is 0 Å². The second-order valence-corrected chi connectivity index (χ2v) is 4.65. The average molecular weight is 282 g/mol. The minimum Gasteiger partial charge on any atom is -0.459 e. The number of rotatable bonds is 6. The Hall–Kier alpha value is -2.31. The van der Waals surface area contributed by atoms with E-state index < -0.39 is 29.9 Å². The molecule has 2 atom stereocenters. The van der Waals surface area contributed by atoms with Crippen LogP contribution < -0.4 is 11.1 Å². The van der Waals surface area contributed by atoms with Crippen LogP contribution >= 0.6 is 0 Å². The van der Waals surface area contributed by atoms with Crippen molar-refractivity contribution in [1.82, 2.24) is 5.32 Å². The average Bonchev–Trinajstić information content (AvgIpc) is 2.88. The van der Waals surface area contributed by atoms with E-state index in [2.05, 4.69) is 5.32 Å². The number of ether oxygens (including phenoxy) is 1. The molecular weight excluding hydrogens is 264 g/mol. The third-order valence-corrected chi connectivity index (χ3v) is 2.65. The van der Waals surface area contributed by atoms with E-state index in [1.165, 1.54) is 19.3 Å². The van der Waals surface area contributed by atoms with Crippen LogP contribution in [0.5, 0.6) is 0 Å². The molecule has 0 saturated heterocycles. The summed E-state index contributed by atoms with van der Waals surface area (Å²) >= 11 is 0. The van der Waals surface area contributed by atoms with Crippen molar-refractivity contribution < 1.29 is 23.5 Å². The van der Waals surface area contributed by atoms with E-state index in [0.717, 1.165) is 0 Å². The zero-order valence-corrected chi connectivity index (χ0v) is 11.6. The molecule has 3 N–H and O–H groups in total. The van der Waals surface area contributed by atoms with Gasteiger partial charge in [0.2, 0.25) is 0 Å². The van der Waals surface area contributed by atoms with E-state index >= 15 is 0 Å². The maximum atomic E-state index is 11.9. The highest BCUT2D eigenvalue weighted by Gasteiger charge is 2.29. The fraction of sp³-hybridized carbons (Fsp3) is 0.462. The monoisotopic (exact) mass is 282 g/mol. The number of esters is 1. The Morgan fingerprint density at radius 2 is 1.95 bits per heavy atom. The summed E-state index contributed by atoms with van der Waals surface area (Å²) in [6.07, 6.45) is 0.302. The lowest BCUT2D eigenvalue weighted by atomic mass is 10.0. The molecule has 1 aromatic heterocycles. The van der Waals surface area contributed by atoms with Crippen LogP contribution in [0.3, 0.4) is 0 Å². The van der Waals surface area contributed by atoms with Crippen molar-refractivity contribution in [2.45, 2.75) is 32.9 Å². The van der Waals surface area contributed by atoms with Gasteiger partial charge in [-0.25, -0.2) is 4.79 Å². The number of furan rings is 1. The molecule has 0 aliphatic carbocycles. The molecule has 20 heavy (non-hydrogen) atoms. The normalized spacial score (nSPS) is 13.6. The number of nitrogens with one attached hydrogen (secondary N) is 1. The summed E-state index contributed by atoms with van der Waals surface area (Å²) in [4.78, 5) is 34.6. The Morgan fingerprint density at radius 3 is 2.40 bits per heavy atom. The van der Waals surface area contributed by atoms with Gasteiger partial charge in [-0.1, -0.05) is 13.8 Å². The molecular formula is C13H18N2O5. The molecule has 0 saturated carbocycles. The van der Waals surface area contributed by atoms with Gasteiger partial charge in [-0.05, 0) is 25.0 Å². The lowest BCUT2D eigenvalue weighted by Gasteiger charge is -2.21. The predicted molar refractivity (Wildman–Crippen MR) is 69.5 cm³/mol. The van der Waals surface area contributed by atoms with Crippen LogP contribution in [0.2, 0.25) is 0 Å². The van der Waals surface area contributed by atoms with E-state index in [0.29, 0.717) is 0 Å². The summed E-state index contributed by atoms with van der Waals surface area (Å²) in [5.41, 5.74) is 5.02. The molecule has 7 nitrogen and oxygen atoms in total. The molecule has 1 heterocycles. The highest BCUT2D eigenvalue weighted by atomic mass is 16.5. The standard InChI is InChI=1S/C13H18N2O5/c1-7(2)10(13(18)20-8(3)11(14)16)15-12(17)9-5-4-6-19-9/h4-8,10H,1-3H3,(H2,14,16)(H,15,17)/t8-,10+/m1/s1. The number of primary amides is 1. The van der Waals surface area contributed by atoms with Crippen molar-refractivity contribution in [3.63, 3.8) is 0 Å². The summed E-state index contributed by atoms with van der Waals surface area (Å²) < 4.78 is 9.83. The minimum absolute atomic E-state index is 0.0893. The van der Waals surface area contributed by atoms with Gasteiger partial charge in [0.05, 0.1) is 6.26 Å². The van der Waals surface area contributed by atoms with E-state index in [-0.39, 0.29) is 11.7 Å². The van der Waals surface area contributed by atoms with E-state index in [1.807, 2.05) is 0 Å². The number of amides is 2. The predicted octanol–water partition coefficient (Wildman–Crippen LogP) is 0.451. The minimum atomic E-state index is -1.05. The Balaban J connectivity index is 2.72. The molecule has 1 aromatic rings. The van der Waals surface area contributed by atoms with Crippen molar-refractivity contribution in [3.05, 3.63) is 24.2 Å². The largest absolute Gasteiger partial charge is 0.459 e. The lowest BCUT2D eigenvalue weighted by Crippen LogP contribution is -2.47. The highest BCUT2D eigenvalue weighted by molar-refractivity contribution is 5.95. The van der Waals surface area contributed by atoms with Gasteiger partial charge in [-0.15, -0.1) is 0 Å². The number of hydrogen-bond donors (Lipinski definition) is 2. The lowest BCUT2D eigenvalue weighted by molar-refractivity contribution is -0.156. The summed E-state index contributed by atoms with van der Waals surface area (Å²) in [6, 6.07) is 2.14. The van der Waals surface area contributed by atoms with Crippen LogP contribution in [0.15, 0.2) is 22.8 Å². The quantitative estimate of drug-likeness (QED) is 0.736. The van der Waals surface area contributed by atoms with Crippen LogP contribution in [0.4, 0.5) is 0 Å². The van der Waals surface area contributed by atoms with Crippen molar-refractivity contribution in [2.24, 2.45) is 11.7 Å². The van der Waals surface area contributed by atoms with Crippen molar-refractivity contribution in [1.29, 1.82) is 0 Å². The first kappa shape index (κ1) is 15.7. The number of hydrogen-bond acceptors (Lipinski definition) is 5. The van der Waals surface area contributed by atoms with Crippen LogP contribution in [0, 0.1) is 5.92 Å². The third kappa shape index (κ3) is 4.11. The Kier molecular flexibility index (Phi) is 5.31. The smallest absolute Gasteiger partial charge is 0.329 e. The molecule has 0 aliphatic rings. The van der Waals surface area contributed by atoms with Gasteiger partial charge < -0.3 is 20.2 Å². The van der Waals surface area contributed by atoms with Crippen molar-refractivity contribution in [3.8, 4) is 0 Å². The topological polar surface area (TPSA) is 112 Å². The molecule has 0 fully saturated rings. The fourth-order valence-corrected chi connectivity index (χ4v) is 1.42. The molecule has 1 rings (SSSR count). The second-order valence-electron chi connectivity index (χ2n) is 4.65. The number of nitrogens with two attached hydrogens (primary N) is 1. The van der Waals surface area contributed by atoms with Gasteiger partial charge in [0.25, 0.3) is 11.8 Å². The van der Waals surface area contributed by atoms with Crippen molar-refractivity contribution >= 4 is 17.8 Å². The first-order valence-corrected chi connectivity index (χ1v) is 6.17. The van der Waals surface area contributed by atoms with Gasteiger partial charge in [0.15, 0.2) is 11.9 Å². The third-order valence-electron chi connectivity index (χ3n) is 2.65. The van der Waals surface area contributed by atoms with E-state index in [4.69, 9.17) is 14.9 Å².